The standard InChI is InChI=1S/C11H8N2O4/c12-9-7(14)8(15)11(17-9)5-3-1-2-4-6(5)13-10(11)16/h1-4,14H,12H2,(H,13,16)/t11-/m1/s1. The molecule has 0 saturated carbocycles. The SMILES string of the molecule is NC1=C(O)C(=O)[C@@]2(O1)C(=O)Nc1ccccc12. The fourth-order valence-corrected chi connectivity index (χ4v) is 2.10. The number of ether oxygens (including phenoxy) is 1. The average molecular weight is 232 g/mol. The Morgan fingerprint density at radius 3 is 2.65 bits per heavy atom. The van der Waals surface area contributed by atoms with Crippen LogP contribution in [0.4, 0.5) is 5.69 Å². The molecule has 0 saturated heterocycles. The van der Waals surface area contributed by atoms with Gasteiger partial charge in [0.05, 0.1) is 0 Å². The first kappa shape index (κ1) is 9.71. The number of aliphatic hydroxyl groups is 1. The first-order valence-electron chi connectivity index (χ1n) is 4.91. The molecule has 3 rings (SSSR count). The van der Waals surface area contributed by atoms with E-state index in [0.717, 1.165) is 0 Å². The number of nitrogens with two attached hydrogens (primary N) is 1. The Bertz CT molecular complexity index is 593. The lowest BCUT2D eigenvalue weighted by Crippen LogP contribution is -2.41. The first-order valence-corrected chi connectivity index (χ1v) is 4.91. The molecule has 6 heteroatoms. The number of fused-ring (bicyclic) bond motifs is 2. The highest BCUT2D eigenvalue weighted by atomic mass is 16.5. The molecular weight excluding hydrogens is 224 g/mol. The number of nitrogens with one attached hydrogen (secondary N) is 1. The second-order valence-corrected chi connectivity index (χ2v) is 3.82. The monoisotopic (exact) mass is 232 g/mol. The number of aliphatic hydroxyl groups excluding tert-OH is 1. The molecule has 0 aromatic heterocycles. The smallest absolute Gasteiger partial charge is 0.281 e. The van der Waals surface area contributed by atoms with Crippen molar-refractivity contribution < 1.29 is 19.4 Å². The van der Waals surface area contributed by atoms with E-state index in [1.807, 2.05) is 0 Å². The van der Waals surface area contributed by atoms with Gasteiger partial charge in [-0.2, -0.15) is 0 Å². The van der Waals surface area contributed by atoms with E-state index in [-0.39, 0.29) is 0 Å². The van der Waals surface area contributed by atoms with E-state index in [9.17, 15) is 14.7 Å². The van der Waals surface area contributed by atoms with Crippen molar-refractivity contribution in [3.63, 3.8) is 0 Å². The van der Waals surface area contributed by atoms with Crippen LogP contribution in [0, 0.1) is 0 Å². The number of benzene rings is 1. The van der Waals surface area contributed by atoms with Crippen molar-refractivity contribution in [3.05, 3.63) is 41.5 Å². The Hall–Kier alpha value is -2.50. The van der Waals surface area contributed by atoms with Gasteiger partial charge < -0.3 is 20.9 Å². The highest BCUT2D eigenvalue weighted by molar-refractivity contribution is 6.24. The van der Waals surface area contributed by atoms with Gasteiger partial charge in [-0.25, -0.2) is 0 Å². The summed E-state index contributed by atoms with van der Waals surface area (Å²) in [4.78, 5) is 23.8. The van der Waals surface area contributed by atoms with Crippen LogP contribution in [0.1, 0.15) is 5.56 Å². The minimum Gasteiger partial charge on any atom is -0.501 e. The molecular formula is C11H8N2O4. The molecule has 86 valence electrons. The van der Waals surface area contributed by atoms with E-state index in [2.05, 4.69) is 5.32 Å². The molecule has 2 aliphatic heterocycles. The van der Waals surface area contributed by atoms with Crippen molar-refractivity contribution in [2.24, 2.45) is 5.73 Å². The van der Waals surface area contributed by atoms with Crippen LogP contribution in [-0.2, 0) is 19.9 Å². The van der Waals surface area contributed by atoms with Crippen molar-refractivity contribution in [2.75, 3.05) is 5.32 Å². The van der Waals surface area contributed by atoms with Gasteiger partial charge in [0.2, 0.25) is 11.6 Å². The molecule has 1 aromatic carbocycles. The molecule has 1 spiro atoms. The fraction of sp³-hybridized carbons (Fsp3) is 0.0909. The molecule has 4 N–H and O–H groups in total. The normalized spacial score (nSPS) is 26.1. The fourth-order valence-electron chi connectivity index (χ4n) is 2.10. The quantitative estimate of drug-likeness (QED) is 0.551. The molecule has 0 fully saturated rings. The lowest BCUT2D eigenvalue weighted by molar-refractivity contribution is -0.145. The number of hydrogen-bond donors (Lipinski definition) is 3. The number of ketones is 1. The molecule has 17 heavy (non-hydrogen) atoms. The van der Waals surface area contributed by atoms with Crippen LogP contribution >= 0.6 is 0 Å². The number of Topliss-reactive ketones (excluding diaryl/α,β-unsaturated/α-hetero) is 1. The number of hydrogen-bond acceptors (Lipinski definition) is 5. The van der Waals surface area contributed by atoms with Gasteiger partial charge in [-0.15, -0.1) is 0 Å². The maximum atomic E-state index is 11.9. The summed E-state index contributed by atoms with van der Waals surface area (Å²) in [5.41, 5.74) is 4.34. The number of carbonyl (C=O) groups excluding carboxylic acids is 2. The molecule has 0 unspecified atom stereocenters. The Morgan fingerprint density at radius 2 is 2.00 bits per heavy atom. The predicted molar refractivity (Wildman–Crippen MR) is 56.7 cm³/mol. The summed E-state index contributed by atoms with van der Waals surface area (Å²) in [7, 11) is 0. The van der Waals surface area contributed by atoms with Gasteiger partial charge in [-0.3, -0.25) is 9.59 Å². The van der Waals surface area contributed by atoms with E-state index in [4.69, 9.17) is 10.5 Å². The maximum absolute atomic E-state index is 11.9. The van der Waals surface area contributed by atoms with E-state index in [1.165, 1.54) is 0 Å². The summed E-state index contributed by atoms with van der Waals surface area (Å²) < 4.78 is 5.12. The molecule has 1 amide bonds. The number of para-hydroxylation sites is 1. The third-order valence-electron chi connectivity index (χ3n) is 2.91. The highest BCUT2D eigenvalue weighted by Gasteiger charge is 2.61. The Labute approximate surface area is 95.7 Å². The number of anilines is 1. The van der Waals surface area contributed by atoms with Crippen LogP contribution in [-0.4, -0.2) is 16.8 Å². The van der Waals surface area contributed by atoms with Gasteiger partial charge in [0.15, 0.2) is 0 Å². The third kappa shape index (κ3) is 0.944. The van der Waals surface area contributed by atoms with E-state index in [0.29, 0.717) is 11.3 Å². The van der Waals surface area contributed by atoms with Crippen LogP contribution in [0.3, 0.4) is 0 Å². The zero-order chi connectivity index (χ0) is 12.2. The van der Waals surface area contributed by atoms with Gasteiger partial charge in [-0.05, 0) is 6.07 Å². The van der Waals surface area contributed by atoms with E-state index >= 15 is 0 Å². The second-order valence-electron chi connectivity index (χ2n) is 3.82. The van der Waals surface area contributed by atoms with Gasteiger partial charge >= 0.3 is 0 Å². The van der Waals surface area contributed by atoms with Crippen LogP contribution in [0.2, 0.25) is 0 Å². The third-order valence-corrected chi connectivity index (χ3v) is 2.91. The van der Waals surface area contributed by atoms with Crippen LogP contribution < -0.4 is 11.1 Å². The summed E-state index contributed by atoms with van der Waals surface area (Å²) >= 11 is 0. The van der Waals surface area contributed by atoms with Crippen molar-refractivity contribution in [1.29, 1.82) is 0 Å². The molecule has 0 aliphatic carbocycles. The van der Waals surface area contributed by atoms with Crippen LogP contribution in [0.15, 0.2) is 35.9 Å². The van der Waals surface area contributed by atoms with Gasteiger partial charge in [0, 0.05) is 11.3 Å². The average Bonchev–Trinajstić information content (AvgIpc) is 2.72. The highest BCUT2D eigenvalue weighted by Crippen LogP contribution is 2.44. The Morgan fingerprint density at radius 1 is 1.29 bits per heavy atom. The van der Waals surface area contributed by atoms with Crippen LogP contribution in [0.25, 0.3) is 0 Å². The number of rotatable bonds is 0. The predicted octanol–water partition coefficient (Wildman–Crippen LogP) is 0.119. The maximum Gasteiger partial charge on any atom is 0.281 e. The molecule has 2 heterocycles. The van der Waals surface area contributed by atoms with Crippen LogP contribution in [0.5, 0.6) is 0 Å². The molecule has 2 aliphatic rings. The lowest BCUT2D eigenvalue weighted by atomic mass is 9.91. The van der Waals surface area contributed by atoms with Crippen molar-refractivity contribution in [3.8, 4) is 0 Å². The zero-order valence-electron chi connectivity index (χ0n) is 8.56. The van der Waals surface area contributed by atoms with E-state index in [1.54, 1.807) is 24.3 Å². The van der Waals surface area contributed by atoms with Gasteiger partial charge in [0.25, 0.3) is 17.3 Å². The minimum atomic E-state index is -1.86. The lowest BCUT2D eigenvalue weighted by Gasteiger charge is -2.19. The Kier molecular flexibility index (Phi) is 1.59. The zero-order valence-corrected chi connectivity index (χ0v) is 8.56. The Balaban J connectivity index is 2.24. The summed E-state index contributed by atoms with van der Waals surface area (Å²) in [5, 5.41) is 12.0. The topological polar surface area (TPSA) is 102 Å². The van der Waals surface area contributed by atoms with E-state index < -0.39 is 28.9 Å². The molecule has 6 nitrogen and oxygen atoms in total. The summed E-state index contributed by atoms with van der Waals surface area (Å²) in [5.74, 6) is -2.62. The summed E-state index contributed by atoms with van der Waals surface area (Å²) in [6.45, 7) is 0. The number of carbonyl (C=O) groups is 2. The number of amides is 1. The molecule has 0 bridgehead atoms. The van der Waals surface area contributed by atoms with Crippen molar-refractivity contribution in [2.45, 2.75) is 5.60 Å². The first-order chi connectivity index (χ1) is 8.07. The largest absolute Gasteiger partial charge is 0.501 e. The van der Waals surface area contributed by atoms with Crippen molar-refractivity contribution in [1.82, 2.24) is 0 Å². The summed E-state index contributed by atoms with van der Waals surface area (Å²) in [6, 6.07) is 6.61. The molecule has 1 aromatic rings. The summed E-state index contributed by atoms with van der Waals surface area (Å²) in [6.07, 6.45) is 0. The van der Waals surface area contributed by atoms with Gasteiger partial charge in [0.1, 0.15) is 0 Å². The molecule has 1 atom stereocenters. The minimum absolute atomic E-state index is 0.363. The van der Waals surface area contributed by atoms with Crippen molar-refractivity contribution >= 4 is 17.4 Å². The molecule has 0 radical (unpaired) electrons. The van der Waals surface area contributed by atoms with Gasteiger partial charge in [-0.1, -0.05) is 18.2 Å². The second kappa shape index (κ2) is 2.79.